The Balaban J connectivity index is 1.13. The Morgan fingerprint density at radius 1 is 0.974 bits per heavy atom. The molecule has 10 heteroatoms. The first-order valence-electron chi connectivity index (χ1n) is 14.3. The van der Waals surface area contributed by atoms with Crippen LogP contribution in [0, 0.1) is 0 Å². The fourth-order valence-electron chi connectivity index (χ4n) is 4.84. The molecule has 0 saturated carbocycles. The summed E-state index contributed by atoms with van der Waals surface area (Å²) < 4.78 is 23.7. The molecule has 0 amide bonds. The Labute approximate surface area is 234 Å². The molecule has 1 aromatic carbocycles. The summed E-state index contributed by atoms with van der Waals surface area (Å²) in [6.45, 7) is 19.0. The molecule has 9 nitrogen and oxygen atoms in total. The number of piperazine rings is 1. The molecule has 39 heavy (non-hydrogen) atoms. The second kappa shape index (κ2) is 12.7. The van der Waals surface area contributed by atoms with Gasteiger partial charge in [0.1, 0.15) is 5.76 Å². The van der Waals surface area contributed by atoms with Crippen LogP contribution in [0.5, 0.6) is 0 Å². The molecule has 0 spiro atoms. The van der Waals surface area contributed by atoms with Gasteiger partial charge < -0.3 is 23.6 Å². The first-order valence-corrected chi connectivity index (χ1v) is 14.3. The number of carbonyl (C=O) groups is 1. The second-order valence-corrected chi connectivity index (χ2v) is 11.9. The fraction of sp³-hybridized carbons (Fsp3) is 0.690. The highest BCUT2D eigenvalue weighted by Gasteiger charge is 2.51. The molecule has 2 saturated heterocycles. The Morgan fingerprint density at radius 3 is 2.26 bits per heavy atom. The molecule has 0 bridgehead atoms. The Hall–Kier alpha value is -1.95. The van der Waals surface area contributed by atoms with Crippen molar-refractivity contribution in [1.82, 2.24) is 15.3 Å². The van der Waals surface area contributed by atoms with Crippen molar-refractivity contribution in [3.63, 3.8) is 0 Å². The molecule has 3 heterocycles. The number of nitrogens with one attached hydrogen (secondary N) is 1. The summed E-state index contributed by atoms with van der Waals surface area (Å²) in [4.78, 5) is 22.0. The third kappa shape index (κ3) is 8.05. The smallest absolute Gasteiger partial charge is 0.465 e. The maximum absolute atomic E-state index is 11.5. The zero-order valence-corrected chi connectivity index (χ0v) is 24.6. The molecule has 1 unspecified atom stereocenters. The molecule has 3 aliphatic rings. The van der Waals surface area contributed by atoms with E-state index in [1.807, 2.05) is 19.9 Å². The average molecular weight is 544 g/mol. The van der Waals surface area contributed by atoms with Gasteiger partial charge in [-0.15, -0.1) is 5.48 Å². The SMILES string of the molecule is CCCC(=O)OCCC1=CC(C)(OCCN2CCN(Cc3ccc(B4OC(C)(C)C(C)(C)O4)cc3)CC2)NO1. The predicted molar refractivity (Wildman–Crippen MR) is 151 cm³/mol. The van der Waals surface area contributed by atoms with Crippen LogP contribution in [0.25, 0.3) is 0 Å². The lowest BCUT2D eigenvalue weighted by atomic mass is 9.79. The van der Waals surface area contributed by atoms with Crippen molar-refractivity contribution in [3.05, 3.63) is 41.7 Å². The van der Waals surface area contributed by atoms with Crippen molar-refractivity contribution in [1.29, 1.82) is 0 Å². The Morgan fingerprint density at radius 2 is 1.62 bits per heavy atom. The van der Waals surface area contributed by atoms with Crippen LogP contribution < -0.4 is 10.9 Å². The maximum atomic E-state index is 11.5. The summed E-state index contributed by atoms with van der Waals surface area (Å²) in [6, 6.07) is 8.64. The van der Waals surface area contributed by atoms with E-state index in [-0.39, 0.29) is 24.3 Å². The van der Waals surface area contributed by atoms with Crippen LogP contribution in [0.15, 0.2) is 36.1 Å². The van der Waals surface area contributed by atoms with Gasteiger partial charge in [0.15, 0.2) is 5.72 Å². The largest absolute Gasteiger partial charge is 0.494 e. The molecule has 0 aromatic heterocycles. The number of nitrogens with zero attached hydrogens (tertiary/aromatic N) is 2. The Kier molecular flexibility index (Phi) is 9.78. The molecule has 0 aliphatic carbocycles. The molecule has 1 aromatic rings. The number of hydrogen-bond donors (Lipinski definition) is 1. The third-order valence-corrected chi connectivity index (χ3v) is 8.07. The van der Waals surface area contributed by atoms with E-state index in [4.69, 9.17) is 23.6 Å². The monoisotopic (exact) mass is 543 g/mol. The van der Waals surface area contributed by atoms with Gasteiger partial charge in [-0.2, -0.15) is 0 Å². The highest BCUT2D eigenvalue weighted by atomic mass is 16.7. The lowest BCUT2D eigenvalue weighted by Gasteiger charge is -2.35. The number of esters is 1. The fourth-order valence-corrected chi connectivity index (χ4v) is 4.84. The normalized spacial score (nSPS) is 25.0. The minimum atomic E-state index is -0.670. The van der Waals surface area contributed by atoms with Gasteiger partial charge in [-0.05, 0) is 52.1 Å². The predicted octanol–water partition coefficient (Wildman–Crippen LogP) is 2.99. The van der Waals surface area contributed by atoms with Gasteiger partial charge in [0.2, 0.25) is 0 Å². The van der Waals surface area contributed by atoms with E-state index < -0.39 is 5.72 Å². The number of benzene rings is 1. The van der Waals surface area contributed by atoms with E-state index in [0.29, 0.717) is 26.1 Å². The first kappa shape index (κ1) is 30.0. The number of hydroxylamine groups is 1. The first-order chi connectivity index (χ1) is 18.5. The van der Waals surface area contributed by atoms with E-state index >= 15 is 0 Å². The summed E-state index contributed by atoms with van der Waals surface area (Å²) in [5, 5.41) is 0. The topological polar surface area (TPSA) is 81.7 Å². The van der Waals surface area contributed by atoms with E-state index in [1.165, 1.54) is 5.56 Å². The highest BCUT2D eigenvalue weighted by Crippen LogP contribution is 2.36. The van der Waals surface area contributed by atoms with Crippen LogP contribution >= 0.6 is 0 Å². The van der Waals surface area contributed by atoms with Gasteiger partial charge in [0.05, 0.1) is 24.4 Å². The summed E-state index contributed by atoms with van der Waals surface area (Å²) in [6.07, 6.45) is 3.70. The van der Waals surface area contributed by atoms with Gasteiger partial charge >= 0.3 is 13.1 Å². The van der Waals surface area contributed by atoms with Crippen molar-refractivity contribution in [2.24, 2.45) is 0 Å². The standard InChI is InChI=1S/C29H46BN3O6/c1-7-8-26(34)35-19-13-25-21-29(6,31-37-25)36-20-18-32-14-16-33(17-15-32)22-23-9-11-24(12-10-23)30-38-27(2,3)28(4,5)39-30/h9-12,21,31H,7-8,13-20,22H2,1-6H3. The molecule has 4 rings (SSSR count). The molecule has 0 radical (unpaired) electrons. The van der Waals surface area contributed by atoms with E-state index in [0.717, 1.165) is 56.9 Å². The average Bonchev–Trinajstić information content (AvgIpc) is 3.35. The number of ether oxygens (including phenoxy) is 2. The van der Waals surface area contributed by atoms with Gasteiger partial charge in [0, 0.05) is 58.2 Å². The minimum Gasteiger partial charge on any atom is -0.465 e. The molecule has 216 valence electrons. The summed E-state index contributed by atoms with van der Waals surface area (Å²) in [5.74, 6) is 0.568. The summed E-state index contributed by atoms with van der Waals surface area (Å²) >= 11 is 0. The van der Waals surface area contributed by atoms with Gasteiger partial charge in [-0.25, -0.2) is 0 Å². The van der Waals surface area contributed by atoms with Crippen molar-refractivity contribution >= 4 is 18.6 Å². The molecule has 1 atom stereocenters. The maximum Gasteiger partial charge on any atom is 0.494 e. The van der Waals surface area contributed by atoms with Crippen molar-refractivity contribution < 1.29 is 28.4 Å². The van der Waals surface area contributed by atoms with E-state index in [2.05, 4.69) is 67.2 Å². The van der Waals surface area contributed by atoms with E-state index in [9.17, 15) is 4.79 Å². The van der Waals surface area contributed by atoms with Gasteiger partial charge in [-0.3, -0.25) is 14.6 Å². The van der Waals surface area contributed by atoms with Crippen molar-refractivity contribution in [3.8, 4) is 0 Å². The number of rotatable bonds is 12. The van der Waals surface area contributed by atoms with Crippen LogP contribution in [0.3, 0.4) is 0 Å². The van der Waals surface area contributed by atoms with Crippen LogP contribution in [0.1, 0.15) is 66.4 Å². The summed E-state index contributed by atoms with van der Waals surface area (Å²) in [7, 11) is -0.319. The minimum absolute atomic E-state index is 0.168. The molecule has 3 aliphatic heterocycles. The zero-order chi connectivity index (χ0) is 28.1. The van der Waals surface area contributed by atoms with Gasteiger partial charge in [0.25, 0.3) is 0 Å². The number of hydrogen-bond acceptors (Lipinski definition) is 9. The van der Waals surface area contributed by atoms with Crippen LogP contribution in [0.2, 0.25) is 0 Å². The molecular weight excluding hydrogens is 497 g/mol. The van der Waals surface area contributed by atoms with Crippen LogP contribution in [-0.2, 0) is 35.0 Å². The molecule has 2 fully saturated rings. The number of carbonyl (C=O) groups excluding carboxylic acids is 1. The van der Waals surface area contributed by atoms with Gasteiger partial charge in [-0.1, -0.05) is 31.2 Å². The van der Waals surface area contributed by atoms with Crippen molar-refractivity contribution in [2.75, 3.05) is 45.9 Å². The van der Waals surface area contributed by atoms with Crippen LogP contribution in [-0.4, -0.2) is 85.8 Å². The summed E-state index contributed by atoms with van der Waals surface area (Å²) in [5.41, 5.74) is 3.99. The third-order valence-electron chi connectivity index (χ3n) is 8.07. The Bertz CT molecular complexity index is 977. The van der Waals surface area contributed by atoms with Crippen molar-refractivity contribution in [2.45, 2.75) is 84.3 Å². The zero-order valence-electron chi connectivity index (χ0n) is 24.6. The quantitative estimate of drug-likeness (QED) is 0.316. The lowest BCUT2D eigenvalue weighted by molar-refractivity contribution is -0.143. The molecule has 1 N–H and O–H groups in total. The lowest BCUT2D eigenvalue weighted by Crippen LogP contribution is -2.48. The highest BCUT2D eigenvalue weighted by molar-refractivity contribution is 6.62. The molecular formula is C29H46BN3O6. The second-order valence-electron chi connectivity index (χ2n) is 11.9. The van der Waals surface area contributed by atoms with E-state index in [1.54, 1.807) is 0 Å². The van der Waals surface area contributed by atoms with Crippen LogP contribution in [0.4, 0.5) is 0 Å².